The van der Waals surface area contributed by atoms with E-state index in [4.69, 9.17) is 0 Å². The van der Waals surface area contributed by atoms with Crippen LogP contribution >= 0.6 is 15.9 Å². The van der Waals surface area contributed by atoms with E-state index in [-0.39, 0.29) is 5.91 Å². The van der Waals surface area contributed by atoms with Crippen LogP contribution < -0.4 is 5.32 Å². The number of aromatic nitrogens is 2. The molecule has 25 heavy (non-hydrogen) atoms. The Hall–Kier alpha value is -2.79. The predicted octanol–water partition coefficient (Wildman–Crippen LogP) is 5.11. The number of benzene rings is 2. The molecule has 4 rings (SSSR count). The summed E-state index contributed by atoms with van der Waals surface area (Å²) >= 11 is 3.44. The van der Waals surface area contributed by atoms with Gasteiger partial charge in [0.25, 0.3) is 5.91 Å². The molecule has 0 fully saturated rings. The smallest absolute Gasteiger partial charge is 0.259 e. The van der Waals surface area contributed by atoms with Crippen LogP contribution in [-0.2, 0) is 0 Å². The van der Waals surface area contributed by atoms with Crippen molar-refractivity contribution in [2.75, 3.05) is 5.32 Å². The van der Waals surface area contributed by atoms with E-state index in [0.717, 1.165) is 26.2 Å². The molecule has 0 aliphatic rings. The van der Waals surface area contributed by atoms with Crippen LogP contribution in [0.25, 0.3) is 21.7 Å². The zero-order chi connectivity index (χ0) is 17.4. The molecule has 4 aromatic rings. The Morgan fingerprint density at radius 1 is 1.04 bits per heavy atom. The van der Waals surface area contributed by atoms with E-state index in [2.05, 4.69) is 31.2 Å². The van der Waals surface area contributed by atoms with Crippen LogP contribution in [0.5, 0.6) is 0 Å². The van der Waals surface area contributed by atoms with Crippen molar-refractivity contribution >= 4 is 49.3 Å². The maximum absolute atomic E-state index is 12.9. The molecule has 2 aromatic carbocycles. The summed E-state index contributed by atoms with van der Waals surface area (Å²) in [6, 6.07) is 15.7. The fourth-order valence-corrected chi connectivity index (χ4v) is 3.47. The molecule has 0 saturated heterocycles. The Morgan fingerprint density at radius 3 is 2.68 bits per heavy atom. The van der Waals surface area contributed by atoms with Gasteiger partial charge in [-0.1, -0.05) is 30.3 Å². The highest BCUT2D eigenvalue weighted by molar-refractivity contribution is 9.10. The molecular weight excluding hydrogens is 378 g/mol. The number of amides is 1. The number of fused-ring (bicyclic) bond motifs is 3. The fourth-order valence-electron chi connectivity index (χ4n) is 2.90. The third-order valence-electron chi connectivity index (χ3n) is 4.07. The van der Waals surface area contributed by atoms with Crippen molar-refractivity contribution in [2.45, 2.75) is 6.92 Å². The molecule has 0 atom stereocenters. The molecule has 0 aliphatic carbocycles. The van der Waals surface area contributed by atoms with Crippen LogP contribution in [0.15, 0.2) is 65.4 Å². The van der Waals surface area contributed by atoms with E-state index in [0.29, 0.717) is 16.9 Å². The lowest BCUT2D eigenvalue weighted by molar-refractivity contribution is 0.102. The van der Waals surface area contributed by atoms with Gasteiger partial charge in [0.15, 0.2) is 0 Å². The number of anilines is 1. The summed E-state index contributed by atoms with van der Waals surface area (Å²) in [6.45, 7) is 1.95. The van der Waals surface area contributed by atoms with E-state index in [1.165, 1.54) is 0 Å². The summed E-state index contributed by atoms with van der Waals surface area (Å²) in [5, 5.41) is 5.92. The molecule has 0 saturated carbocycles. The van der Waals surface area contributed by atoms with Gasteiger partial charge in [-0.05, 0) is 57.4 Å². The second-order valence-electron chi connectivity index (χ2n) is 5.84. The van der Waals surface area contributed by atoms with Crippen molar-refractivity contribution < 1.29 is 4.79 Å². The topological polar surface area (TPSA) is 54.9 Å². The Labute approximate surface area is 153 Å². The van der Waals surface area contributed by atoms with E-state index in [9.17, 15) is 4.79 Å². The fraction of sp³-hybridized carbons (Fsp3) is 0.0500. The van der Waals surface area contributed by atoms with Crippen molar-refractivity contribution in [3.05, 3.63) is 76.5 Å². The monoisotopic (exact) mass is 391 g/mol. The summed E-state index contributed by atoms with van der Waals surface area (Å²) in [5.41, 5.74) is 2.23. The van der Waals surface area contributed by atoms with E-state index in [1.807, 2.05) is 55.5 Å². The third kappa shape index (κ3) is 2.87. The molecule has 0 unspecified atom stereocenters. The van der Waals surface area contributed by atoms with E-state index < -0.39 is 0 Å². The first-order valence-electron chi connectivity index (χ1n) is 7.83. The summed E-state index contributed by atoms with van der Waals surface area (Å²) < 4.78 is 0.749. The van der Waals surface area contributed by atoms with Gasteiger partial charge < -0.3 is 5.32 Å². The number of hydrogen-bond donors (Lipinski definition) is 1. The van der Waals surface area contributed by atoms with Gasteiger partial charge in [0.05, 0.1) is 15.6 Å². The SMILES string of the molecule is Cc1cnc(NC(=O)c2cc3ccccc3c3cccnc23)c(Br)c1. The largest absolute Gasteiger partial charge is 0.306 e. The minimum atomic E-state index is -0.230. The summed E-state index contributed by atoms with van der Waals surface area (Å²) in [7, 11) is 0. The zero-order valence-electron chi connectivity index (χ0n) is 13.5. The number of rotatable bonds is 2. The second kappa shape index (κ2) is 6.26. The van der Waals surface area contributed by atoms with Gasteiger partial charge in [-0.15, -0.1) is 0 Å². The highest BCUT2D eigenvalue weighted by Gasteiger charge is 2.15. The van der Waals surface area contributed by atoms with E-state index in [1.54, 1.807) is 12.4 Å². The number of carbonyl (C=O) groups is 1. The lowest BCUT2D eigenvalue weighted by Crippen LogP contribution is -2.14. The number of carbonyl (C=O) groups excluding carboxylic acids is 1. The van der Waals surface area contributed by atoms with Gasteiger partial charge in [-0.2, -0.15) is 0 Å². The number of pyridine rings is 2. The minimum Gasteiger partial charge on any atom is -0.306 e. The van der Waals surface area contributed by atoms with E-state index >= 15 is 0 Å². The number of hydrogen-bond acceptors (Lipinski definition) is 3. The van der Waals surface area contributed by atoms with Crippen LogP contribution in [0.1, 0.15) is 15.9 Å². The molecule has 122 valence electrons. The summed E-state index contributed by atoms with van der Waals surface area (Å²) in [5.74, 6) is 0.263. The number of nitrogens with one attached hydrogen (secondary N) is 1. The van der Waals surface area contributed by atoms with Crippen molar-refractivity contribution in [1.82, 2.24) is 9.97 Å². The molecule has 0 radical (unpaired) electrons. The van der Waals surface area contributed by atoms with Crippen molar-refractivity contribution in [1.29, 1.82) is 0 Å². The second-order valence-corrected chi connectivity index (χ2v) is 6.70. The third-order valence-corrected chi connectivity index (χ3v) is 4.67. The van der Waals surface area contributed by atoms with Crippen LogP contribution in [0.4, 0.5) is 5.82 Å². The molecular formula is C20H14BrN3O. The normalized spacial score (nSPS) is 11.0. The minimum absolute atomic E-state index is 0.230. The van der Waals surface area contributed by atoms with Crippen LogP contribution in [-0.4, -0.2) is 15.9 Å². The molecule has 0 aliphatic heterocycles. The van der Waals surface area contributed by atoms with Gasteiger partial charge in [0.2, 0.25) is 0 Å². The first-order valence-corrected chi connectivity index (χ1v) is 8.63. The Balaban J connectivity index is 1.85. The highest BCUT2D eigenvalue weighted by atomic mass is 79.9. The summed E-state index contributed by atoms with van der Waals surface area (Å²) in [6.07, 6.45) is 3.42. The Bertz CT molecular complexity index is 1120. The molecule has 0 bridgehead atoms. The standard InChI is InChI=1S/C20H14BrN3O/c1-12-9-17(21)19(23-11-12)24-20(25)16-10-13-5-2-3-6-14(13)15-7-4-8-22-18(15)16/h2-11H,1H3,(H,23,24,25). The lowest BCUT2D eigenvalue weighted by atomic mass is 10.0. The molecule has 1 amide bonds. The zero-order valence-corrected chi connectivity index (χ0v) is 15.0. The van der Waals surface area contributed by atoms with Crippen molar-refractivity contribution in [3.8, 4) is 0 Å². The first kappa shape index (κ1) is 15.7. The first-order chi connectivity index (χ1) is 12.1. The quantitative estimate of drug-likeness (QED) is 0.483. The van der Waals surface area contributed by atoms with Gasteiger partial charge in [-0.3, -0.25) is 9.78 Å². The van der Waals surface area contributed by atoms with Crippen LogP contribution in [0.3, 0.4) is 0 Å². The Kier molecular flexibility index (Phi) is 3.93. The van der Waals surface area contributed by atoms with Gasteiger partial charge in [-0.25, -0.2) is 4.98 Å². The molecule has 0 spiro atoms. The molecule has 5 heteroatoms. The van der Waals surface area contributed by atoms with Crippen molar-refractivity contribution in [2.24, 2.45) is 0 Å². The maximum atomic E-state index is 12.9. The lowest BCUT2D eigenvalue weighted by Gasteiger charge is -2.11. The predicted molar refractivity (Wildman–Crippen MR) is 104 cm³/mol. The van der Waals surface area contributed by atoms with Crippen molar-refractivity contribution in [3.63, 3.8) is 0 Å². The van der Waals surface area contributed by atoms with Crippen LogP contribution in [0, 0.1) is 6.92 Å². The molecule has 1 N–H and O–H groups in total. The Morgan fingerprint density at radius 2 is 1.84 bits per heavy atom. The number of halogens is 1. The molecule has 2 aromatic heterocycles. The van der Waals surface area contributed by atoms with Gasteiger partial charge >= 0.3 is 0 Å². The van der Waals surface area contributed by atoms with Crippen LogP contribution in [0.2, 0.25) is 0 Å². The highest BCUT2D eigenvalue weighted by Crippen LogP contribution is 2.28. The molecule has 4 nitrogen and oxygen atoms in total. The summed E-state index contributed by atoms with van der Waals surface area (Å²) in [4.78, 5) is 21.6. The van der Waals surface area contributed by atoms with Gasteiger partial charge in [0.1, 0.15) is 5.82 Å². The van der Waals surface area contributed by atoms with Gasteiger partial charge in [0, 0.05) is 17.8 Å². The average molecular weight is 392 g/mol. The maximum Gasteiger partial charge on any atom is 0.259 e. The number of aryl methyl sites for hydroxylation is 1. The average Bonchev–Trinajstić information content (AvgIpc) is 2.63. The molecule has 2 heterocycles. The number of nitrogens with zero attached hydrogens (tertiary/aromatic N) is 2.